The largest absolute Gasteiger partial charge is 0.309 e. The molecule has 1 N–H and O–H groups in total. The molecule has 0 aliphatic carbocycles. The van der Waals surface area contributed by atoms with Gasteiger partial charge in [0.2, 0.25) is 5.91 Å². The molecule has 0 aliphatic heterocycles. The van der Waals surface area contributed by atoms with E-state index in [1.54, 1.807) is 18.2 Å². The van der Waals surface area contributed by atoms with Crippen molar-refractivity contribution in [3.63, 3.8) is 0 Å². The van der Waals surface area contributed by atoms with E-state index < -0.39 is 5.82 Å². The number of aromatic nitrogens is 2. The van der Waals surface area contributed by atoms with E-state index >= 15 is 0 Å². The molecule has 92 valence electrons. The molecule has 0 bridgehead atoms. The number of carbonyl (C=O) groups is 1. The molecule has 2 aromatic rings. The fourth-order valence-electron chi connectivity index (χ4n) is 1.38. The van der Waals surface area contributed by atoms with Crippen molar-refractivity contribution in [2.45, 2.75) is 6.42 Å². The maximum atomic E-state index is 13.3. The molecule has 2 rings (SSSR count). The zero-order chi connectivity index (χ0) is 13.0. The predicted octanol–water partition coefficient (Wildman–Crippen LogP) is 2.56. The van der Waals surface area contributed by atoms with E-state index in [0.717, 1.165) is 0 Å². The summed E-state index contributed by atoms with van der Waals surface area (Å²) in [5.41, 5.74) is 0.347. The van der Waals surface area contributed by atoms with Crippen LogP contribution < -0.4 is 5.32 Å². The molecule has 1 aromatic heterocycles. The summed E-state index contributed by atoms with van der Waals surface area (Å²) in [5.74, 6) is -0.397. The summed E-state index contributed by atoms with van der Waals surface area (Å²) in [6, 6.07) is 6.16. The lowest BCUT2D eigenvalue weighted by Gasteiger charge is -2.04. The monoisotopic (exact) mass is 309 g/mol. The SMILES string of the molecule is O=C(Cc1ccccc1F)Nc1cnc(Br)cn1. The molecular formula is C12H9BrFN3O. The molecule has 0 fully saturated rings. The predicted molar refractivity (Wildman–Crippen MR) is 68.5 cm³/mol. The highest BCUT2D eigenvalue weighted by Crippen LogP contribution is 2.09. The van der Waals surface area contributed by atoms with Crippen molar-refractivity contribution in [1.82, 2.24) is 9.97 Å². The lowest BCUT2D eigenvalue weighted by atomic mass is 10.1. The van der Waals surface area contributed by atoms with E-state index in [4.69, 9.17) is 0 Å². The van der Waals surface area contributed by atoms with Crippen LogP contribution in [0.1, 0.15) is 5.56 Å². The van der Waals surface area contributed by atoms with Crippen LogP contribution in [-0.4, -0.2) is 15.9 Å². The molecule has 18 heavy (non-hydrogen) atoms. The molecule has 6 heteroatoms. The van der Waals surface area contributed by atoms with Gasteiger partial charge in [-0.05, 0) is 27.6 Å². The molecule has 1 aromatic carbocycles. The van der Waals surface area contributed by atoms with Crippen molar-refractivity contribution >= 4 is 27.7 Å². The molecule has 1 heterocycles. The fourth-order valence-corrected chi connectivity index (χ4v) is 1.58. The van der Waals surface area contributed by atoms with Crippen LogP contribution in [0.4, 0.5) is 10.2 Å². The van der Waals surface area contributed by atoms with Crippen molar-refractivity contribution in [2.24, 2.45) is 0 Å². The second-order valence-electron chi connectivity index (χ2n) is 3.54. The number of nitrogens with one attached hydrogen (secondary N) is 1. The second kappa shape index (κ2) is 5.68. The number of anilines is 1. The lowest BCUT2D eigenvalue weighted by Crippen LogP contribution is -2.16. The molecule has 0 spiro atoms. The quantitative estimate of drug-likeness (QED) is 0.948. The van der Waals surface area contributed by atoms with Gasteiger partial charge in [0.25, 0.3) is 0 Å². The van der Waals surface area contributed by atoms with Crippen molar-refractivity contribution < 1.29 is 9.18 Å². The van der Waals surface area contributed by atoms with Gasteiger partial charge in [0, 0.05) is 0 Å². The van der Waals surface area contributed by atoms with Gasteiger partial charge in [-0.15, -0.1) is 0 Å². The summed E-state index contributed by atoms with van der Waals surface area (Å²) in [6.45, 7) is 0. The normalized spacial score (nSPS) is 10.1. The van der Waals surface area contributed by atoms with Gasteiger partial charge in [-0.3, -0.25) is 4.79 Å². The molecule has 1 amide bonds. The van der Waals surface area contributed by atoms with E-state index in [-0.39, 0.29) is 12.3 Å². The van der Waals surface area contributed by atoms with Crippen molar-refractivity contribution in [2.75, 3.05) is 5.32 Å². The standard InChI is InChI=1S/C12H9BrFN3O/c13-10-6-16-11(7-15-10)17-12(18)5-8-3-1-2-4-9(8)14/h1-4,6-7H,5H2,(H,16,17,18). The topological polar surface area (TPSA) is 54.9 Å². The number of amides is 1. The van der Waals surface area contributed by atoms with Gasteiger partial charge in [0.15, 0.2) is 5.82 Å². The molecule has 0 saturated carbocycles. The molecule has 0 unspecified atom stereocenters. The van der Waals surface area contributed by atoms with Gasteiger partial charge in [-0.2, -0.15) is 0 Å². The average Bonchev–Trinajstić information content (AvgIpc) is 2.35. The van der Waals surface area contributed by atoms with Gasteiger partial charge < -0.3 is 5.32 Å². The lowest BCUT2D eigenvalue weighted by molar-refractivity contribution is -0.115. The van der Waals surface area contributed by atoms with Crippen LogP contribution in [-0.2, 0) is 11.2 Å². The first-order chi connectivity index (χ1) is 8.65. The number of nitrogens with zero attached hydrogens (tertiary/aromatic N) is 2. The molecule has 0 saturated heterocycles. The Labute approximate surface area is 111 Å². The van der Waals surface area contributed by atoms with Crippen LogP contribution in [0.2, 0.25) is 0 Å². The van der Waals surface area contributed by atoms with E-state index in [1.165, 1.54) is 18.5 Å². The number of rotatable bonds is 3. The van der Waals surface area contributed by atoms with Crippen LogP contribution in [0.3, 0.4) is 0 Å². The van der Waals surface area contributed by atoms with Gasteiger partial charge in [0.1, 0.15) is 10.4 Å². The Hall–Kier alpha value is -1.82. The maximum absolute atomic E-state index is 13.3. The van der Waals surface area contributed by atoms with Crippen LogP contribution in [0.25, 0.3) is 0 Å². The van der Waals surface area contributed by atoms with E-state index in [1.807, 2.05) is 0 Å². The maximum Gasteiger partial charge on any atom is 0.230 e. The van der Waals surface area contributed by atoms with Gasteiger partial charge in [-0.25, -0.2) is 14.4 Å². The van der Waals surface area contributed by atoms with Crippen LogP contribution in [0.15, 0.2) is 41.3 Å². The van der Waals surface area contributed by atoms with Crippen LogP contribution >= 0.6 is 15.9 Å². The number of benzene rings is 1. The first-order valence-electron chi connectivity index (χ1n) is 5.16. The molecular weight excluding hydrogens is 301 g/mol. The Kier molecular flexibility index (Phi) is 3.99. The second-order valence-corrected chi connectivity index (χ2v) is 4.35. The van der Waals surface area contributed by atoms with E-state index in [0.29, 0.717) is 16.0 Å². The van der Waals surface area contributed by atoms with Crippen LogP contribution in [0.5, 0.6) is 0 Å². The molecule has 0 aliphatic rings. The first-order valence-corrected chi connectivity index (χ1v) is 5.95. The minimum atomic E-state index is -0.394. The summed E-state index contributed by atoms with van der Waals surface area (Å²) >= 11 is 3.14. The highest BCUT2D eigenvalue weighted by molar-refractivity contribution is 9.10. The zero-order valence-corrected chi connectivity index (χ0v) is 10.8. The molecule has 0 atom stereocenters. The average molecular weight is 310 g/mol. The summed E-state index contributed by atoms with van der Waals surface area (Å²) in [4.78, 5) is 19.5. The summed E-state index contributed by atoms with van der Waals surface area (Å²) in [6.07, 6.45) is 2.85. The first kappa shape index (κ1) is 12.6. The summed E-state index contributed by atoms with van der Waals surface area (Å²) in [7, 11) is 0. The minimum absolute atomic E-state index is 0.0373. The van der Waals surface area contributed by atoms with Gasteiger partial charge in [0.05, 0.1) is 18.8 Å². The number of halogens is 2. The number of carbonyl (C=O) groups excluding carboxylic acids is 1. The highest BCUT2D eigenvalue weighted by atomic mass is 79.9. The summed E-state index contributed by atoms with van der Waals surface area (Å²) in [5, 5.41) is 2.54. The highest BCUT2D eigenvalue weighted by Gasteiger charge is 2.08. The third kappa shape index (κ3) is 3.33. The van der Waals surface area contributed by atoms with Crippen molar-refractivity contribution in [3.8, 4) is 0 Å². The number of hydrogen-bond acceptors (Lipinski definition) is 3. The Balaban J connectivity index is 2.01. The van der Waals surface area contributed by atoms with Gasteiger partial charge >= 0.3 is 0 Å². The summed E-state index contributed by atoms with van der Waals surface area (Å²) < 4.78 is 13.9. The Morgan fingerprint density at radius 3 is 2.72 bits per heavy atom. The minimum Gasteiger partial charge on any atom is -0.309 e. The van der Waals surface area contributed by atoms with Gasteiger partial charge in [-0.1, -0.05) is 18.2 Å². The molecule has 4 nitrogen and oxygen atoms in total. The number of hydrogen-bond donors (Lipinski definition) is 1. The zero-order valence-electron chi connectivity index (χ0n) is 9.23. The molecule has 0 radical (unpaired) electrons. The van der Waals surface area contributed by atoms with Crippen molar-refractivity contribution in [3.05, 3.63) is 52.6 Å². The third-order valence-electron chi connectivity index (χ3n) is 2.20. The van der Waals surface area contributed by atoms with Crippen molar-refractivity contribution in [1.29, 1.82) is 0 Å². The Bertz CT molecular complexity index is 560. The fraction of sp³-hybridized carbons (Fsp3) is 0.0833. The smallest absolute Gasteiger partial charge is 0.230 e. The van der Waals surface area contributed by atoms with E-state index in [2.05, 4.69) is 31.2 Å². The Morgan fingerprint density at radius 2 is 2.06 bits per heavy atom. The van der Waals surface area contributed by atoms with E-state index in [9.17, 15) is 9.18 Å². The third-order valence-corrected chi connectivity index (χ3v) is 2.61. The van der Waals surface area contributed by atoms with Crippen LogP contribution in [0, 0.1) is 5.82 Å². The Morgan fingerprint density at radius 1 is 1.28 bits per heavy atom.